The second-order valence-corrected chi connectivity index (χ2v) is 12.5. The summed E-state index contributed by atoms with van der Waals surface area (Å²) in [6.45, 7) is 32.1. The molecule has 0 aromatic heterocycles. The first-order valence-corrected chi connectivity index (χ1v) is 12.5. The number of ether oxygens (including phenoxy) is 1. The van der Waals surface area contributed by atoms with Crippen LogP contribution in [0.1, 0.15) is 94.9 Å². The van der Waals surface area contributed by atoms with Gasteiger partial charge in [-0.3, -0.25) is 14.7 Å². The van der Waals surface area contributed by atoms with Crippen LogP contribution in [0.15, 0.2) is 0 Å². The van der Waals surface area contributed by atoms with E-state index < -0.39 is 0 Å². The number of nitrogens with zero attached hydrogens (tertiary/aromatic N) is 3. The molecule has 0 aromatic carbocycles. The Labute approximate surface area is 189 Å². The van der Waals surface area contributed by atoms with Crippen molar-refractivity contribution in [2.75, 3.05) is 52.5 Å². The molecule has 3 aliphatic rings. The van der Waals surface area contributed by atoms with Gasteiger partial charge in [0.25, 0.3) is 0 Å². The smallest absolute Gasteiger partial charge is 0.0594 e. The molecule has 3 fully saturated rings. The largest absolute Gasteiger partial charge is 0.379 e. The van der Waals surface area contributed by atoms with Crippen LogP contribution in [-0.2, 0) is 4.74 Å². The molecule has 30 heavy (non-hydrogen) atoms. The van der Waals surface area contributed by atoms with Crippen LogP contribution in [0.2, 0.25) is 0 Å². The van der Waals surface area contributed by atoms with E-state index in [-0.39, 0.29) is 0 Å². The monoisotopic (exact) mass is 425 g/mol. The quantitative estimate of drug-likeness (QED) is 0.509. The lowest BCUT2D eigenvalue weighted by atomic mass is 9.95. The van der Waals surface area contributed by atoms with Crippen LogP contribution in [0.25, 0.3) is 0 Å². The third-order valence-electron chi connectivity index (χ3n) is 6.75. The van der Waals surface area contributed by atoms with Crippen molar-refractivity contribution in [1.82, 2.24) is 14.7 Å². The summed E-state index contributed by atoms with van der Waals surface area (Å²) < 4.78 is 5.25. The predicted molar refractivity (Wildman–Crippen MR) is 132 cm³/mol. The molecule has 0 amide bonds. The van der Waals surface area contributed by atoms with Crippen molar-refractivity contribution >= 4 is 0 Å². The van der Waals surface area contributed by atoms with Gasteiger partial charge < -0.3 is 4.74 Å². The van der Waals surface area contributed by atoms with E-state index in [9.17, 15) is 0 Å². The second-order valence-electron chi connectivity index (χ2n) is 12.5. The Balaban J connectivity index is 0.000000226. The lowest BCUT2D eigenvalue weighted by molar-refractivity contribution is -0.00389. The molecular weight excluding hydrogens is 370 g/mol. The van der Waals surface area contributed by atoms with Crippen molar-refractivity contribution in [1.29, 1.82) is 0 Å². The minimum Gasteiger partial charge on any atom is -0.379 e. The van der Waals surface area contributed by atoms with E-state index in [0.717, 1.165) is 32.2 Å². The minimum absolute atomic E-state index is 0.323. The Bertz CT molecular complexity index is 438. The Morgan fingerprint density at radius 2 is 0.867 bits per heavy atom. The van der Waals surface area contributed by atoms with Crippen LogP contribution >= 0.6 is 0 Å². The number of likely N-dealkylation sites (tertiary alicyclic amines) is 2. The molecular formula is C26H55N3O. The Kier molecular flexibility index (Phi) is 11.3. The summed E-state index contributed by atoms with van der Waals surface area (Å²) in [6, 6.07) is 0. The fraction of sp³-hybridized carbons (Fsp3) is 1.00. The molecule has 180 valence electrons. The first-order chi connectivity index (χ1) is 13.7. The summed E-state index contributed by atoms with van der Waals surface area (Å²) in [5, 5.41) is 0. The van der Waals surface area contributed by atoms with Gasteiger partial charge >= 0.3 is 0 Å². The van der Waals surface area contributed by atoms with Crippen LogP contribution in [-0.4, -0.2) is 83.8 Å². The lowest BCUT2D eigenvalue weighted by Gasteiger charge is -2.40. The molecule has 0 N–H and O–H groups in total. The summed E-state index contributed by atoms with van der Waals surface area (Å²) in [5.41, 5.74) is 1.13. The number of hydrogen-bond donors (Lipinski definition) is 0. The van der Waals surface area contributed by atoms with Gasteiger partial charge in [0.15, 0.2) is 0 Å². The molecule has 0 bridgehead atoms. The normalized spacial score (nSPS) is 23.4. The van der Waals surface area contributed by atoms with Gasteiger partial charge in [-0.2, -0.15) is 0 Å². The number of morpholine rings is 1. The van der Waals surface area contributed by atoms with E-state index >= 15 is 0 Å². The Hall–Kier alpha value is -0.160. The van der Waals surface area contributed by atoms with E-state index in [0.29, 0.717) is 16.6 Å². The topological polar surface area (TPSA) is 19.0 Å². The van der Waals surface area contributed by atoms with Crippen molar-refractivity contribution < 1.29 is 4.74 Å². The highest BCUT2D eigenvalue weighted by Crippen LogP contribution is 2.23. The molecule has 0 saturated carbocycles. The summed E-state index contributed by atoms with van der Waals surface area (Å²) in [4.78, 5) is 7.59. The first-order valence-electron chi connectivity index (χ1n) is 12.5. The van der Waals surface area contributed by atoms with Crippen molar-refractivity contribution in [3.8, 4) is 0 Å². The Morgan fingerprint density at radius 3 is 1.17 bits per heavy atom. The fourth-order valence-electron chi connectivity index (χ4n) is 4.30. The Morgan fingerprint density at radius 1 is 0.533 bits per heavy atom. The van der Waals surface area contributed by atoms with Gasteiger partial charge in [-0.05, 0) is 120 Å². The van der Waals surface area contributed by atoms with Crippen LogP contribution < -0.4 is 0 Å². The summed E-state index contributed by atoms with van der Waals surface area (Å²) in [5.74, 6) is 0.952. The third kappa shape index (κ3) is 10.9. The number of rotatable bonds is 0. The van der Waals surface area contributed by atoms with Gasteiger partial charge in [0.2, 0.25) is 0 Å². The maximum Gasteiger partial charge on any atom is 0.0594 e. The molecule has 4 nitrogen and oxygen atoms in total. The molecule has 3 heterocycles. The minimum atomic E-state index is 0.323. The van der Waals surface area contributed by atoms with E-state index in [4.69, 9.17) is 4.74 Å². The highest BCUT2D eigenvalue weighted by molar-refractivity contribution is 4.81. The summed E-state index contributed by atoms with van der Waals surface area (Å²) >= 11 is 0. The third-order valence-corrected chi connectivity index (χ3v) is 6.75. The zero-order valence-electron chi connectivity index (χ0n) is 22.3. The molecule has 3 saturated heterocycles. The van der Waals surface area contributed by atoms with E-state index in [1.54, 1.807) is 0 Å². The predicted octanol–water partition coefficient (Wildman–Crippen LogP) is 5.51. The van der Waals surface area contributed by atoms with Gasteiger partial charge in [0.05, 0.1) is 13.2 Å². The van der Waals surface area contributed by atoms with Crippen molar-refractivity contribution in [2.45, 2.75) is 112 Å². The van der Waals surface area contributed by atoms with Crippen LogP contribution in [0.5, 0.6) is 0 Å². The van der Waals surface area contributed by atoms with Crippen LogP contribution in [0.3, 0.4) is 0 Å². The van der Waals surface area contributed by atoms with Gasteiger partial charge in [-0.1, -0.05) is 6.92 Å². The maximum atomic E-state index is 5.25. The number of hydrogen-bond acceptors (Lipinski definition) is 4. The fourth-order valence-corrected chi connectivity index (χ4v) is 4.30. The average molecular weight is 426 g/mol. The van der Waals surface area contributed by atoms with Crippen molar-refractivity contribution in [3.63, 3.8) is 0 Å². The standard InChI is InChI=1S/C10H21N.C8H17NO.C8H17N/c1-9-5-7-11(8-6-9)10(2,3)4;1-8(2,3)9-4-6-10-7-5-9;1-8(2,3)9-6-4-5-7-9/h9H,5-8H2,1-4H3;4-7H2,1-3H3;4-7H2,1-3H3. The molecule has 4 heteroatoms. The molecule has 0 spiro atoms. The van der Waals surface area contributed by atoms with Crippen molar-refractivity contribution in [2.24, 2.45) is 5.92 Å². The molecule has 0 radical (unpaired) electrons. The lowest BCUT2D eigenvalue weighted by Crippen LogP contribution is -2.47. The van der Waals surface area contributed by atoms with Gasteiger partial charge in [0, 0.05) is 29.7 Å². The molecule has 0 atom stereocenters. The maximum absolute atomic E-state index is 5.25. The average Bonchev–Trinajstić information content (AvgIpc) is 3.18. The van der Waals surface area contributed by atoms with Crippen LogP contribution in [0, 0.1) is 5.92 Å². The molecule has 0 unspecified atom stereocenters. The first kappa shape index (κ1) is 27.9. The molecule has 0 aliphatic carbocycles. The van der Waals surface area contributed by atoms with Gasteiger partial charge in [0.1, 0.15) is 0 Å². The molecule has 3 aliphatic heterocycles. The van der Waals surface area contributed by atoms with E-state index in [1.165, 1.54) is 51.9 Å². The van der Waals surface area contributed by atoms with Crippen LogP contribution in [0.4, 0.5) is 0 Å². The molecule has 3 rings (SSSR count). The number of piperidine rings is 1. The SMILES string of the molecule is CC(C)(C)N1CCCC1.CC(C)(C)N1CCOCC1.CC1CCN(C(C)(C)C)CC1. The van der Waals surface area contributed by atoms with Crippen molar-refractivity contribution in [3.05, 3.63) is 0 Å². The van der Waals surface area contributed by atoms with E-state index in [1.807, 2.05) is 0 Å². The zero-order chi connectivity index (χ0) is 23.0. The van der Waals surface area contributed by atoms with Gasteiger partial charge in [-0.25, -0.2) is 0 Å². The summed E-state index contributed by atoms with van der Waals surface area (Å²) in [6.07, 6.45) is 5.57. The van der Waals surface area contributed by atoms with E-state index in [2.05, 4.69) is 83.9 Å². The highest BCUT2D eigenvalue weighted by atomic mass is 16.5. The van der Waals surface area contributed by atoms with Gasteiger partial charge in [-0.15, -0.1) is 0 Å². The second kappa shape index (κ2) is 12.2. The highest BCUT2D eigenvalue weighted by Gasteiger charge is 2.25. The zero-order valence-corrected chi connectivity index (χ0v) is 22.3. The molecule has 0 aromatic rings. The summed E-state index contributed by atoms with van der Waals surface area (Å²) in [7, 11) is 0.